The molecule has 1 amide bonds. The molecule has 0 aliphatic rings. The summed E-state index contributed by atoms with van der Waals surface area (Å²) < 4.78 is 1.48. The molecule has 2 N–H and O–H groups in total. The van der Waals surface area contributed by atoms with E-state index in [9.17, 15) is 15.2 Å². The third kappa shape index (κ3) is 4.77. The largest absolute Gasteiger partial charge is 0.506 e. The molecule has 3 aromatic rings. The Kier molecular flexibility index (Phi) is 6.80. The van der Waals surface area contributed by atoms with Gasteiger partial charge in [-0.15, -0.1) is 0 Å². The molecule has 28 heavy (non-hydrogen) atoms. The number of rotatable bonds is 4. The second-order valence-electron chi connectivity index (χ2n) is 5.97. The Bertz CT molecular complexity index is 1060. The summed E-state index contributed by atoms with van der Waals surface area (Å²) >= 11 is 10.0. The van der Waals surface area contributed by atoms with E-state index in [0.717, 1.165) is 14.7 Å². The Hall–Kier alpha value is -1.83. The lowest BCUT2D eigenvalue weighted by Gasteiger charge is -2.12. The number of phenolic OH excluding ortho intramolecular Hbond substituents is 1. The Labute approximate surface area is 194 Å². The summed E-state index contributed by atoms with van der Waals surface area (Å²) in [6.45, 7) is 0. The maximum absolute atomic E-state index is 12.5. The summed E-state index contributed by atoms with van der Waals surface area (Å²) in [6, 6.07) is 20.0. The number of phenols is 1. The highest BCUT2D eigenvalue weighted by atomic mass is 127. The van der Waals surface area contributed by atoms with E-state index >= 15 is 0 Å². The first-order chi connectivity index (χ1) is 13.4. The molecule has 0 saturated heterocycles. The number of carbonyl (C=O) groups is 1. The number of hydrogen-bond acceptors (Lipinski definition) is 3. The molecule has 1 atom stereocenters. The number of nitrogens with zero attached hydrogens (tertiary/aromatic N) is 1. The van der Waals surface area contributed by atoms with Gasteiger partial charge in [0.25, 0.3) is 5.91 Å². The highest BCUT2D eigenvalue weighted by molar-refractivity contribution is 14.1. The molecule has 7 heteroatoms. The first-order valence-corrected chi connectivity index (χ1v) is 10.7. The Morgan fingerprint density at radius 1 is 1.04 bits per heavy atom. The standard InChI is InChI=1S/C21H13ClI2N2O2/c22-14-5-1-12(2-6-14)18(11-25)13-3-7-16(8-4-13)26-21(28)17-9-15(23)10-19(24)20(17)27/h1-10,18,27H,(H,26,28). The Morgan fingerprint density at radius 2 is 1.61 bits per heavy atom. The lowest BCUT2D eigenvalue weighted by molar-refractivity contribution is 0.102. The zero-order valence-corrected chi connectivity index (χ0v) is 19.4. The maximum Gasteiger partial charge on any atom is 0.259 e. The molecule has 3 aromatic carbocycles. The van der Waals surface area contributed by atoms with Crippen molar-refractivity contribution in [3.8, 4) is 11.8 Å². The number of carbonyl (C=O) groups excluding carboxylic acids is 1. The van der Waals surface area contributed by atoms with Gasteiger partial charge in [0.15, 0.2) is 0 Å². The number of aromatic hydroxyl groups is 1. The quantitative estimate of drug-likeness (QED) is 0.346. The summed E-state index contributed by atoms with van der Waals surface area (Å²) in [4.78, 5) is 12.5. The van der Waals surface area contributed by atoms with Crippen LogP contribution in [0.2, 0.25) is 5.02 Å². The van der Waals surface area contributed by atoms with Crippen LogP contribution in [-0.4, -0.2) is 11.0 Å². The zero-order valence-electron chi connectivity index (χ0n) is 14.3. The second-order valence-corrected chi connectivity index (χ2v) is 8.82. The molecular weight excluding hydrogens is 602 g/mol. The zero-order chi connectivity index (χ0) is 20.3. The van der Waals surface area contributed by atoms with E-state index in [0.29, 0.717) is 14.3 Å². The summed E-state index contributed by atoms with van der Waals surface area (Å²) in [5.41, 5.74) is 2.46. The fourth-order valence-corrected chi connectivity index (χ4v) is 4.66. The van der Waals surface area contributed by atoms with Gasteiger partial charge in [-0.05, 0) is 92.7 Å². The lowest BCUT2D eigenvalue weighted by atomic mass is 9.92. The van der Waals surface area contributed by atoms with E-state index in [-0.39, 0.29) is 11.3 Å². The molecule has 0 fully saturated rings. The van der Waals surface area contributed by atoms with Crippen molar-refractivity contribution in [2.75, 3.05) is 5.32 Å². The highest BCUT2D eigenvalue weighted by Gasteiger charge is 2.16. The van der Waals surface area contributed by atoms with E-state index in [1.807, 2.05) is 34.7 Å². The predicted molar refractivity (Wildman–Crippen MR) is 127 cm³/mol. The summed E-state index contributed by atoms with van der Waals surface area (Å²) in [5, 5.41) is 23.1. The fraction of sp³-hybridized carbons (Fsp3) is 0.0476. The molecule has 0 aliphatic carbocycles. The van der Waals surface area contributed by atoms with Crippen LogP contribution in [0.4, 0.5) is 5.69 Å². The molecule has 0 saturated carbocycles. The number of amides is 1. The molecule has 0 aliphatic heterocycles. The fourth-order valence-electron chi connectivity index (χ4n) is 2.69. The number of nitriles is 1. The number of anilines is 1. The molecule has 1 unspecified atom stereocenters. The Morgan fingerprint density at radius 3 is 2.18 bits per heavy atom. The van der Waals surface area contributed by atoms with E-state index in [1.165, 1.54) is 0 Å². The van der Waals surface area contributed by atoms with Crippen molar-refractivity contribution in [3.05, 3.63) is 89.5 Å². The van der Waals surface area contributed by atoms with Gasteiger partial charge in [0.2, 0.25) is 0 Å². The van der Waals surface area contributed by atoms with Crippen LogP contribution in [0.5, 0.6) is 5.75 Å². The van der Waals surface area contributed by atoms with Crippen molar-refractivity contribution >= 4 is 68.4 Å². The van der Waals surface area contributed by atoms with Gasteiger partial charge in [-0.25, -0.2) is 0 Å². The smallest absolute Gasteiger partial charge is 0.259 e. The van der Waals surface area contributed by atoms with Crippen molar-refractivity contribution in [1.29, 1.82) is 5.26 Å². The normalized spacial score (nSPS) is 11.5. The van der Waals surface area contributed by atoms with Crippen LogP contribution in [0, 0.1) is 18.5 Å². The van der Waals surface area contributed by atoms with Gasteiger partial charge >= 0.3 is 0 Å². The first kappa shape index (κ1) is 20.9. The summed E-state index contributed by atoms with van der Waals surface area (Å²) in [7, 11) is 0. The topological polar surface area (TPSA) is 73.1 Å². The average Bonchev–Trinajstić information content (AvgIpc) is 2.68. The molecular formula is C21H13ClI2N2O2. The number of hydrogen-bond donors (Lipinski definition) is 2. The molecule has 0 aromatic heterocycles. The van der Waals surface area contributed by atoms with Crippen molar-refractivity contribution < 1.29 is 9.90 Å². The number of benzene rings is 3. The third-order valence-corrected chi connectivity index (χ3v) is 5.80. The highest BCUT2D eigenvalue weighted by Crippen LogP contribution is 2.29. The molecule has 0 heterocycles. The van der Waals surface area contributed by atoms with E-state index < -0.39 is 11.8 Å². The molecule has 3 rings (SSSR count). The van der Waals surface area contributed by atoms with Gasteiger partial charge < -0.3 is 10.4 Å². The monoisotopic (exact) mass is 614 g/mol. The van der Waals surface area contributed by atoms with Gasteiger partial charge in [0.05, 0.1) is 21.1 Å². The second kappa shape index (κ2) is 9.11. The van der Waals surface area contributed by atoms with Crippen molar-refractivity contribution in [2.24, 2.45) is 0 Å². The van der Waals surface area contributed by atoms with Gasteiger partial charge in [-0.3, -0.25) is 4.79 Å². The van der Waals surface area contributed by atoms with Gasteiger partial charge in [0, 0.05) is 14.3 Å². The van der Waals surface area contributed by atoms with E-state index in [4.69, 9.17) is 11.6 Å². The van der Waals surface area contributed by atoms with Crippen molar-refractivity contribution in [2.45, 2.75) is 5.92 Å². The minimum absolute atomic E-state index is 0.0394. The van der Waals surface area contributed by atoms with Crippen LogP contribution in [0.25, 0.3) is 0 Å². The maximum atomic E-state index is 12.5. The molecule has 0 spiro atoms. The van der Waals surface area contributed by atoms with Crippen LogP contribution >= 0.6 is 56.8 Å². The lowest BCUT2D eigenvalue weighted by Crippen LogP contribution is -2.13. The average molecular weight is 615 g/mol. The van der Waals surface area contributed by atoms with E-state index in [2.05, 4.69) is 34.0 Å². The molecule has 0 bridgehead atoms. The van der Waals surface area contributed by atoms with Gasteiger partial charge in [0.1, 0.15) is 5.75 Å². The first-order valence-electron chi connectivity index (χ1n) is 8.13. The summed E-state index contributed by atoms with van der Waals surface area (Å²) in [6.07, 6.45) is 0. The number of nitrogens with one attached hydrogen (secondary N) is 1. The minimum atomic E-state index is -0.427. The predicted octanol–water partition coefficient (Wildman–Crippen LogP) is 6.16. The van der Waals surface area contributed by atoms with Crippen molar-refractivity contribution in [1.82, 2.24) is 0 Å². The Balaban J connectivity index is 1.80. The van der Waals surface area contributed by atoms with Gasteiger partial charge in [-0.2, -0.15) is 5.26 Å². The molecule has 140 valence electrons. The molecule has 4 nitrogen and oxygen atoms in total. The van der Waals surface area contributed by atoms with E-state index in [1.54, 1.807) is 48.5 Å². The third-order valence-electron chi connectivity index (χ3n) is 4.11. The SMILES string of the molecule is N#CC(c1ccc(Cl)cc1)c1ccc(NC(=O)c2cc(I)cc(I)c2O)cc1. The van der Waals surface area contributed by atoms with Crippen LogP contribution in [-0.2, 0) is 0 Å². The van der Waals surface area contributed by atoms with Crippen LogP contribution in [0.3, 0.4) is 0 Å². The number of halogens is 3. The minimum Gasteiger partial charge on any atom is -0.506 e. The van der Waals surface area contributed by atoms with Crippen LogP contribution < -0.4 is 5.32 Å². The van der Waals surface area contributed by atoms with Gasteiger partial charge in [-0.1, -0.05) is 35.9 Å². The van der Waals surface area contributed by atoms with Crippen molar-refractivity contribution in [3.63, 3.8) is 0 Å². The van der Waals surface area contributed by atoms with Crippen LogP contribution in [0.15, 0.2) is 60.7 Å². The molecule has 0 radical (unpaired) electrons. The summed E-state index contributed by atoms with van der Waals surface area (Å²) in [5.74, 6) is -0.859. The van der Waals surface area contributed by atoms with Crippen LogP contribution in [0.1, 0.15) is 27.4 Å².